The smallest absolute Gasteiger partial charge is 0.255 e. The first-order valence-electron chi connectivity index (χ1n) is 11.1. The average Bonchev–Trinajstić information content (AvgIpc) is 3.44. The molecular weight excluding hydrogens is 356 g/mol. The quantitative estimate of drug-likeness (QED) is 0.669. The Kier molecular flexibility index (Phi) is 4.69. The minimum Gasteiger partial charge on any atom is -0.377 e. The lowest BCUT2D eigenvalue weighted by atomic mass is 9.76. The van der Waals surface area contributed by atoms with E-state index in [2.05, 4.69) is 67.7 Å². The zero-order valence-electron chi connectivity index (χ0n) is 17.4. The van der Waals surface area contributed by atoms with Crippen LogP contribution in [0.25, 0.3) is 0 Å². The van der Waals surface area contributed by atoms with Crippen LogP contribution in [0.4, 0.5) is 5.69 Å². The molecule has 1 amide bonds. The van der Waals surface area contributed by atoms with Crippen molar-refractivity contribution < 1.29 is 4.79 Å². The normalized spacial score (nSPS) is 25.1. The van der Waals surface area contributed by atoms with Crippen LogP contribution in [0.5, 0.6) is 0 Å². The molecular formula is C26H30N2O. The Balaban J connectivity index is 1.53. The van der Waals surface area contributed by atoms with Crippen molar-refractivity contribution >= 4 is 11.6 Å². The first-order valence-corrected chi connectivity index (χ1v) is 11.1. The highest BCUT2D eigenvalue weighted by molar-refractivity contribution is 6.01. The average molecular weight is 387 g/mol. The van der Waals surface area contributed by atoms with E-state index in [4.69, 9.17) is 0 Å². The molecule has 2 heterocycles. The SMILES string of the molecule is CC(C)c1ccc(C2Nc3c(C(=O)N4CCCC4)cccc3C3C=CCC32)cc1. The van der Waals surface area contributed by atoms with Gasteiger partial charge in [0.25, 0.3) is 5.91 Å². The highest BCUT2D eigenvalue weighted by Gasteiger charge is 2.39. The van der Waals surface area contributed by atoms with Crippen molar-refractivity contribution in [2.24, 2.45) is 5.92 Å². The summed E-state index contributed by atoms with van der Waals surface area (Å²) in [6, 6.07) is 15.6. The van der Waals surface area contributed by atoms with Crippen molar-refractivity contribution in [2.75, 3.05) is 18.4 Å². The third kappa shape index (κ3) is 3.17. The van der Waals surface area contributed by atoms with Crippen molar-refractivity contribution in [1.29, 1.82) is 0 Å². The number of hydrogen-bond donors (Lipinski definition) is 1. The summed E-state index contributed by atoms with van der Waals surface area (Å²) in [5, 5.41) is 3.82. The molecule has 2 aromatic rings. The van der Waals surface area contributed by atoms with E-state index in [0.717, 1.165) is 43.6 Å². The molecule has 0 saturated carbocycles. The van der Waals surface area contributed by atoms with Gasteiger partial charge < -0.3 is 10.2 Å². The van der Waals surface area contributed by atoms with E-state index in [1.165, 1.54) is 16.7 Å². The second kappa shape index (κ2) is 7.37. The van der Waals surface area contributed by atoms with Crippen molar-refractivity contribution in [1.82, 2.24) is 4.90 Å². The van der Waals surface area contributed by atoms with Gasteiger partial charge in [-0.15, -0.1) is 0 Å². The van der Waals surface area contributed by atoms with Gasteiger partial charge >= 0.3 is 0 Å². The van der Waals surface area contributed by atoms with Gasteiger partial charge in [0, 0.05) is 19.0 Å². The van der Waals surface area contributed by atoms with Gasteiger partial charge in [0.05, 0.1) is 17.3 Å². The molecule has 2 aromatic carbocycles. The number of nitrogens with one attached hydrogen (secondary N) is 1. The van der Waals surface area contributed by atoms with E-state index in [-0.39, 0.29) is 11.9 Å². The minimum absolute atomic E-state index is 0.182. The van der Waals surface area contributed by atoms with Crippen molar-refractivity contribution in [2.45, 2.75) is 51.0 Å². The number of amides is 1. The Morgan fingerprint density at radius 1 is 1.07 bits per heavy atom. The molecule has 0 spiro atoms. The summed E-state index contributed by atoms with van der Waals surface area (Å²) in [5.74, 6) is 1.60. The van der Waals surface area contributed by atoms with Gasteiger partial charge in [0.15, 0.2) is 0 Å². The molecule has 1 fully saturated rings. The molecule has 2 aliphatic heterocycles. The number of benzene rings is 2. The molecule has 29 heavy (non-hydrogen) atoms. The molecule has 0 radical (unpaired) electrons. The van der Waals surface area contributed by atoms with E-state index in [1.807, 2.05) is 11.0 Å². The monoisotopic (exact) mass is 386 g/mol. The van der Waals surface area contributed by atoms with Gasteiger partial charge in [-0.2, -0.15) is 0 Å². The summed E-state index contributed by atoms with van der Waals surface area (Å²) in [6.07, 6.45) is 7.98. The summed E-state index contributed by atoms with van der Waals surface area (Å²) < 4.78 is 0. The maximum Gasteiger partial charge on any atom is 0.255 e. The third-order valence-electron chi connectivity index (χ3n) is 6.98. The Morgan fingerprint density at radius 2 is 1.83 bits per heavy atom. The number of carbonyl (C=O) groups is 1. The van der Waals surface area contributed by atoms with E-state index in [1.54, 1.807) is 0 Å². The number of nitrogens with zero attached hydrogens (tertiary/aromatic N) is 1. The van der Waals surface area contributed by atoms with Gasteiger partial charge in [-0.1, -0.05) is 62.4 Å². The fourth-order valence-corrected chi connectivity index (χ4v) is 5.31. The van der Waals surface area contributed by atoms with Crippen molar-refractivity contribution in [3.05, 3.63) is 76.9 Å². The summed E-state index contributed by atoms with van der Waals surface area (Å²) in [5.41, 5.74) is 5.86. The Labute approximate surface area is 173 Å². The number of likely N-dealkylation sites (tertiary alicyclic amines) is 1. The van der Waals surface area contributed by atoms with Crippen LogP contribution in [0.1, 0.15) is 78.0 Å². The lowest BCUT2D eigenvalue weighted by Gasteiger charge is -2.38. The zero-order valence-corrected chi connectivity index (χ0v) is 17.4. The molecule has 1 aliphatic carbocycles. The fraction of sp³-hybridized carbons (Fsp3) is 0.423. The number of anilines is 1. The summed E-state index contributed by atoms with van der Waals surface area (Å²) >= 11 is 0. The molecule has 3 unspecified atom stereocenters. The van der Waals surface area contributed by atoms with Crippen LogP contribution in [0.3, 0.4) is 0 Å². The fourth-order valence-electron chi connectivity index (χ4n) is 5.31. The summed E-state index contributed by atoms with van der Waals surface area (Å²) in [6.45, 7) is 6.23. The van der Waals surface area contributed by atoms with Crippen LogP contribution in [0.15, 0.2) is 54.6 Å². The Morgan fingerprint density at radius 3 is 2.55 bits per heavy atom. The predicted octanol–water partition coefficient (Wildman–Crippen LogP) is 5.87. The number of para-hydroxylation sites is 1. The number of rotatable bonds is 3. The van der Waals surface area contributed by atoms with Crippen LogP contribution in [-0.2, 0) is 0 Å². The molecule has 3 aliphatic rings. The van der Waals surface area contributed by atoms with Crippen molar-refractivity contribution in [3.63, 3.8) is 0 Å². The number of fused-ring (bicyclic) bond motifs is 3. The number of hydrogen-bond acceptors (Lipinski definition) is 2. The van der Waals surface area contributed by atoms with Crippen molar-refractivity contribution in [3.8, 4) is 0 Å². The van der Waals surface area contributed by atoms with E-state index in [0.29, 0.717) is 17.8 Å². The molecule has 3 nitrogen and oxygen atoms in total. The van der Waals surface area contributed by atoms with Gasteiger partial charge in [-0.3, -0.25) is 4.79 Å². The standard InChI is InChI=1S/C26H30N2O/c1-17(2)18-11-13-19(14-12-18)24-21-8-5-7-20(21)22-9-6-10-23(25(22)27-24)26(29)28-15-3-4-16-28/h5-7,9-14,17,20-21,24,27H,3-4,8,15-16H2,1-2H3. The summed E-state index contributed by atoms with van der Waals surface area (Å²) in [4.78, 5) is 15.3. The molecule has 3 atom stereocenters. The molecule has 1 N–H and O–H groups in total. The number of allylic oxidation sites excluding steroid dienone is 2. The molecule has 1 saturated heterocycles. The lowest BCUT2D eigenvalue weighted by Crippen LogP contribution is -2.33. The van der Waals surface area contributed by atoms with Crippen LogP contribution in [0, 0.1) is 5.92 Å². The molecule has 0 bridgehead atoms. The second-order valence-corrected chi connectivity index (χ2v) is 9.07. The molecule has 3 heteroatoms. The largest absolute Gasteiger partial charge is 0.377 e. The highest BCUT2D eigenvalue weighted by Crippen LogP contribution is 2.50. The third-order valence-corrected chi connectivity index (χ3v) is 6.98. The van der Waals surface area contributed by atoms with Gasteiger partial charge in [-0.25, -0.2) is 0 Å². The van der Waals surface area contributed by atoms with Crippen LogP contribution < -0.4 is 5.32 Å². The predicted molar refractivity (Wildman–Crippen MR) is 118 cm³/mol. The molecule has 150 valence electrons. The van der Waals surface area contributed by atoms with Gasteiger partial charge in [0.1, 0.15) is 0 Å². The van der Waals surface area contributed by atoms with Crippen LogP contribution in [0.2, 0.25) is 0 Å². The maximum atomic E-state index is 13.2. The zero-order chi connectivity index (χ0) is 20.0. The molecule has 5 rings (SSSR count). The lowest BCUT2D eigenvalue weighted by molar-refractivity contribution is 0.0793. The van der Waals surface area contributed by atoms with E-state index < -0.39 is 0 Å². The number of carbonyl (C=O) groups excluding carboxylic acids is 1. The van der Waals surface area contributed by atoms with Gasteiger partial charge in [0.2, 0.25) is 0 Å². The maximum absolute atomic E-state index is 13.2. The first-order chi connectivity index (χ1) is 14.1. The Hall–Kier alpha value is -2.55. The molecule has 0 aromatic heterocycles. The van der Waals surface area contributed by atoms with Gasteiger partial charge in [-0.05, 0) is 53.9 Å². The van der Waals surface area contributed by atoms with E-state index >= 15 is 0 Å². The highest BCUT2D eigenvalue weighted by atomic mass is 16.2. The summed E-state index contributed by atoms with van der Waals surface area (Å²) in [7, 11) is 0. The minimum atomic E-state index is 0.182. The first kappa shape index (κ1) is 18.5. The van der Waals surface area contributed by atoms with Crippen LogP contribution in [-0.4, -0.2) is 23.9 Å². The Bertz CT molecular complexity index is 938. The van der Waals surface area contributed by atoms with Crippen LogP contribution >= 0.6 is 0 Å². The second-order valence-electron chi connectivity index (χ2n) is 9.07. The topological polar surface area (TPSA) is 32.3 Å². The van der Waals surface area contributed by atoms with E-state index in [9.17, 15) is 4.79 Å².